The lowest BCUT2D eigenvalue weighted by atomic mass is 9.94. The first kappa shape index (κ1) is 22.7. The van der Waals surface area contributed by atoms with Crippen LogP contribution in [0.2, 0.25) is 10.0 Å². The van der Waals surface area contributed by atoms with E-state index < -0.39 is 17.1 Å². The number of nitrogens with zero attached hydrogens (tertiary/aromatic N) is 1. The van der Waals surface area contributed by atoms with E-state index in [9.17, 15) is 14.7 Å². The largest absolute Gasteiger partial charge is 0.494 e. The maximum absolute atomic E-state index is 12.7. The van der Waals surface area contributed by atoms with Crippen LogP contribution in [0.5, 0.6) is 5.88 Å². The number of nitrogens with one attached hydrogen (secondary N) is 2. The number of aromatic hydroxyl groups is 1. The summed E-state index contributed by atoms with van der Waals surface area (Å²) in [6.07, 6.45) is 3.53. The van der Waals surface area contributed by atoms with Gasteiger partial charge >= 0.3 is 5.69 Å². The Labute approximate surface area is 209 Å². The smallest absolute Gasteiger partial charge is 0.328 e. The van der Waals surface area contributed by atoms with Crippen LogP contribution in [0.1, 0.15) is 22.3 Å². The molecule has 0 amide bonds. The fraction of sp³-hybridized carbons (Fsp3) is 0. The molecule has 0 radical (unpaired) electrons. The topological polar surface area (TPSA) is 98.3 Å². The summed E-state index contributed by atoms with van der Waals surface area (Å²) in [5.41, 5.74) is 3.45. The minimum atomic E-state index is -0.803. The molecule has 1 aromatic heterocycles. The van der Waals surface area contributed by atoms with Crippen molar-refractivity contribution in [1.82, 2.24) is 9.97 Å². The maximum atomic E-state index is 12.7. The average Bonchev–Trinajstić information content (AvgIpc) is 3.19. The van der Waals surface area contributed by atoms with E-state index in [-0.39, 0.29) is 5.56 Å². The van der Waals surface area contributed by atoms with Gasteiger partial charge in [0.1, 0.15) is 5.56 Å². The van der Waals surface area contributed by atoms with E-state index in [1.165, 1.54) is 0 Å². The fourth-order valence-electron chi connectivity index (χ4n) is 3.96. The first-order valence-electron chi connectivity index (χ1n) is 10.6. The van der Waals surface area contributed by atoms with Crippen LogP contribution in [0, 0.1) is 0 Å². The summed E-state index contributed by atoms with van der Waals surface area (Å²) in [4.78, 5) is 33.6. The highest BCUT2D eigenvalue weighted by molar-refractivity contribution is 6.37. The summed E-state index contributed by atoms with van der Waals surface area (Å²) in [5, 5.41) is 11.6. The Morgan fingerprint density at radius 2 is 1.60 bits per heavy atom. The molecule has 172 valence electrons. The first-order chi connectivity index (χ1) is 16.9. The van der Waals surface area contributed by atoms with Crippen molar-refractivity contribution in [2.45, 2.75) is 0 Å². The van der Waals surface area contributed by atoms with Crippen molar-refractivity contribution < 1.29 is 5.11 Å². The van der Waals surface area contributed by atoms with Crippen molar-refractivity contribution >= 4 is 45.7 Å². The quantitative estimate of drug-likeness (QED) is 0.333. The molecule has 0 unspecified atom stereocenters. The van der Waals surface area contributed by atoms with E-state index in [0.29, 0.717) is 21.2 Å². The zero-order chi connectivity index (χ0) is 24.5. The molecule has 0 bridgehead atoms. The molecule has 8 heteroatoms. The Morgan fingerprint density at radius 1 is 0.886 bits per heavy atom. The molecule has 0 saturated carbocycles. The van der Waals surface area contributed by atoms with Crippen molar-refractivity contribution in [3.8, 4) is 5.88 Å². The number of rotatable bonds is 4. The molecule has 3 aromatic carbocycles. The monoisotopic (exact) mass is 501 g/mol. The highest BCUT2D eigenvalue weighted by Gasteiger charge is 2.23. The lowest BCUT2D eigenvalue weighted by Gasteiger charge is -2.10. The highest BCUT2D eigenvalue weighted by atomic mass is 35.5. The molecule has 1 aliphatic rings. The van der Waals surface area contributed by atoms with Gasteiger partial charge in [-0.25, -0.2) is 9.79 Å². The number of fused-ring (bicyclic) bond motifs is 1. The summed E-state index contributed by atoms with van der Waals surface area (Å²) in [6.45, 7) is 0. The van der Waals surface area contributed by atoms with Crippen LogP contribution in [0.3, 0.4) is 0 Å². The zero-order valence-corrected chi connectivity index (χ0v) is 19.6. The predicted molar refractivity (Wildman–Crippen MR) is 140 cm³/mol. The van der Waals surface area contributed by atoms with Gasteiger partial charge in [-0.3, -0.25) is 14.8 Å². The van der Waals surface area contributed by atoms with E-state index >= 15 is 0 Å². The molecule has 6 nitrogen and oxygen atoms in total. The minimum absolute atomic E-state index is 0.0775. The summed E-state index contributed by atoms with van der Waals surface area (Å²) in [5.74, 6) is -0.537. The van der Waals surface area contributed by atoms with Gasteiger partial charge < -0.3 is 5.11 Å². The van der Waals surface area contributed by atoms with E-state index in [4.69, 9.17) is 28.2 Å². The number of benzene rings is 3. The van der Waals surface area contributed by atoms with Crippen molar-refractivity contribution in [3.05, 3.63) is 138 Å². The van der Waals surface area contributed by atoms with Crippen LogP contribution >= 0.6 is 23.2 Å². The molecule has 4 aromatic rings. The normalized spacial score (nSPS) is 14.2. The summed E-state index contributed by atoms with van der Waals surface area (Å²) < 4.78 is 0. The van der Waals surface area contributed by atoms with Gasteiger partial charge in [-0.1, -0.05) is 77.8 Å². The van der Waals surface area contributed by atoms with Crippen LogP contribution in [0.4, 0.5) is 5.69 Å². The van der Waals surface area contributed by atoms with Gasteiger partial charge in [-0.05, 0) is 41.5 Å². The lowest BCUT2D eigenvalue weighted by molar-refractivity contribution is 0.446. The Hall–Kier alpha value is -4.13. The number of aliphatic imine (C=N–C) groups is 1. The van der Waals surface area contributed by atoms with Crippen molar-refractivity contribution in [2.24, 2.45) is 4.99 Å². The first-order valence-corrected chi connectivity index (χ1v) is 11.3. The second-order valence-corrected chi connectivity index (χ2v) is 8.66. The van der Waals surface area contributed by atoms with Crippen LogP contribution in [0.15, 0.2) is 99.5 Å². The number of H-pyrrole nitrogens is 2. The molecule has 0 atom stereocenters. The molecule has 35 heavy (non-hydrogen) atoms. The highest BCUT2D eigenvalue weighted by Crippen LogP contribution is 2.39. The van der Waals surface area contributed by atoms with Crippen LogP contribution < -0.4 is 11.2 Å². The van der Waals surface area contributed by atoms with Crippen LogP contribution in [0.25, 0.3) is 11.1 Å². The zero-order valence-electron chi connectivity index (χ0n) is 18.0. The number of allylic oxidation sites excluding steroid dienone is 3. The van der Waals surface area contributed by atoms with E-state index in [2.05, 4.69) is 9.97 Å². The second kappa shape index (κ2) is 9.25. The maximum Gasteiger partial charge on any atom is 0.328 e. The molecule has 1 aliphatic heterocycles. The van der Waals surface area contributed by atoms with Gasteiger partial charge in [0.15, 0.2) is 0 Å². The Morgan fingerprint density at radius 3 is 2.31 bits per heavy atom. The van der Waals surface area contributed by atoms with Gasteiger partial charge in [0.2, 0.25) is 5.88 Å². The Balaban J connectivity index is 1.75. The summed E-state index contributed by atoms with van der Waals surface area (Å²) in [7, 11) is 0. The van der Waals surface area contributed by atoms with E-state index in [0.717, 1.165) is 28.1 Å². The van der Waals surface area contributed by atoms with Gasteiger partial charge in [0.25, 0.3) is 5.56 Å². The minimum Gasteiger partial charge on any atom is -0.494 e. The molecular weight excluding hydrogens is 485 g/mol. The van der Waals surface area contributed by atoms with Gasteiger partial charge in [0, 0.05) is 26.7 Å². The van der Waals surface area contributed by atoms with Crippen molar-refractivity contribution in [1.29, 1.82) is 0 Å². The Bertz CT molecular complexity index is 1650. The van der Waals surface area contributed by atoms with Crippen LogP contribution in [-0.2, 0) is 0 Å². The third kappa shape index (κ3) is 4.49. The van der Waals surface area contributed by atoms with Crippen LogP contribution in [-0.4, -0.2) is 20.8 Å². The molecule has 2 heterocycles. The Kier molecular flexibility index (Phi) is 5.99. The number of aromatic nitrogens is 2. The second-order valence-electron chi connectivity index (χ2n) is 7.79. The third-order valence-corrected chi connectivity index (χ3v) is 6.03. The number of hydrogen-bond donors (Lipinski definition) is 3. The molecule has 0 spiro atoms. The summed E-state index contributed by atoms with van der Waals surface area (Å²) in [6, 6.07) is 22.0. The predicted octanol–water partition coefficient (Wildman–Crippen LogP) is 5.73. The fourth-order valence-corrected chi connectivity index (χ4v) is 4.26. The van der Waals surface area contributed by atoms with Crippen molar-refractivity contribution in [2.75, 3.05) is 0 Å². The molecule has 0 aliphatic carbocycles. The van der Waals surface area contributed by atoms with E-state index in [1.54, 1.807) is 36.4 Å². The standard InChI is InChI=1S/C27H17Cl2N3O3/c28-17-8-6-15(7-9-17)19(23-25(33)31-27(35)32-26(23)34)11-12-20-21-14-18(29)10-13-22(21)30-24(20)16-4-2-1-3-5-16/h1-14H,(H3,31,32,33,34,35). The molecule has 0 fully saturated rings. The number of hydrogen-bond acceptors (Lipinski definition) is 4. The molecular formula is C27H17Cl2N3O3. The average molecular weight is 502 g/mol. The van der Waals surface area contributed by atoms with Gasteiger partial charge in [0.05, 0.1) is 11.4 Å². The lowest BCUT2D eigenvalue weighted by Crippen LogP contribution is -2.24. The SMILES string of the molecule is O=c1[nH]c(O)c(C(=CC=C2C(c3ccccc3)=Nc3ccc(Cl)cc32)c2ccc(Cl)cc2)c(=O)[nH]1. The van der Waals surface area contributed by atoms with Gasteiger partial charge in [-0.15, -0.1) is 0 Å². The van der Waals surface area contributed by atoms with E-state index in [1.807, 2.05) is 48.5 Å². The summed E-state index contributed by atoms with van der Waals surface area (Å²) >= 11 is 12.3. The van der Waals surface area contributed by atoms with Crippen molar-refractivity contribution in [3.63, 3.8) is 0 Å². The number of aromatic amines is 2. The molecule has 3 N–H and O–H groups in total. The van der Waals surface area contributed by atoms with Gasteiger partial charge in [-0.2, -0.15) is 0 Å². The molecule has 5 rings (SSSR count). The third-order valence-electron chi connectivity index (χ3n) is 5.55. The number of halogens is 2. The molecule has 0 saturated heterocycles.